The Bertz CT molecular complexity index is 1820. The number of halogens is 2. The predicted octanol–water partition coefficient (Wildman–Crippen LogP) is 5.90. The minimum Gasteiger partial charge on any atom is -0.491 e. The molecular weight excluding hydrogens is 607 g/mol. The molecule has 238 valence electrons. The lowest BCUT2D eigenvalue weighted by Crippen LogP contribution is -2.45. The molecule has 1 fully saturated rings. The zero-order chi connectivity index (χ0) is 32.2. The maximum Gasteiger partial charge on any atom is 0.326 e. The summed E-state index contributed by atoms with van der Waals surface area (Å²) in [4.78, 5) is 21.6. The first kappa shape index (κ1) is 31.5. The number of hydrogen-bond acceptors (Lipinski definition) is 7. The molecule has 9 nitrogen and oxygen atoms in total. The summed E-state index contributed by atoms with van der Waals surface area (Å²) >= 11 is 6.96. The van der Waals surface area contributed by atoms with Crippen molar-refractivity contribution in [2.45, 2.75) is 19.4 Å². The average molecular weight is 643 g/mol. The number of nitrogens with one attached hydrogen (secondary N) is 1. The maximum absolute atomic E-state index is 14.0. The molecule has 3 aromatic carbocycles. The molecule has 1 aliphatic rings. The Morgan fingerprint density at radius 2 is 1.78 bits per heavy atom. The summed E-state index contributed by atoms with van der Waals surface area (Å²) in [6.07, 6.45) is 3.47. The fraction of sp³-hybridized carbons (Fsp3) is 0.286. The standard InChI is InChI=1S/C35H36ClFN6O3/c1-23-27(12-13-30(32(23)36)46-19-18-42-16-14-41(2)15-17-42)31-28(25-8-10-26(37)11-9-25)21-43-33(31)34(38-22-39-43)40-29(35(44)45)20-24-6-4-3-5-7-24/h3-13,21-22,29H,14-20H2,1-2H3,(H,44,45)(H,38,39,40)/t29-/m1/s1. The molecule has 1 saturated heterocycles. The van der Waals surface area contributed by atoms with Crippen LogP contribution in [0.1, 0.15) is 11.1 Å². The van der Waals surface area contributed by atoms with Crippen LogP contribution in [0.3, 0.4) is 0 Å². The van der Waals surface area contributed by atoms with Crippen LogP contribution < -0.4 is 10.1 Å². The average Bonchev–Trinajstić information content (AvgIpc) is 3.45. The third-order valence-electron chi connectivity index (χ3n) is 8.50. The van der Waals surface area contributed by atoms with Crippen molar-refractivity contribution in [1.82, 2.24) is 24.4 Å². The Kier molecular flexibility index (Phi) is 9.48. The number of carbonyl (C=O) groups is 1. The SMILES string of the molecule is Cc1c(-c2c(-c3ccc(F)cc3)cn3ncnc(N[C@H](Cc4ccccc4)C(=O)O)c23)ccc(OCCN2CCN(C)CC2)c1Cl. The van der Waals surface area contributed by atoms with Crippen molar-refractivity contribution in [3.63, 3.8) is 0 Å². The van der Waals surface area contributed by atoms with Crippen molar-refractivity contribution in [3.05, 3.63) is 101 Å². The van der Waals surface area contributed by atoms with Crippen LogP contribution in [0.2, 0.25) is 5.02 Å². The first-order chi connectivity index (χ1) is 22.3. The number of rotatable bonds is 11. The first-order valence-corrected chi connectivity index (χ1v) is 15.6. The number of benzene rings is 3. The van der Waals surface area contributed by atoms with E-state index in [2.05, 4.69) is 32.2 Å². The molecular formula is C35H36ClFN6O3. The van der Waals surface area contributed by atoms with Crippen LogP contribution in [0.4, 0.5) is 10.2 Å². The number of fused-ring (bicyclic) bond motifs is 1. The number of carboxylic acid groups (broad SMARTS) is 1. The molecule has 6 rings (SSSR count). The molecule has 0 bridgehead atoms. The number of aromatic nitrogens is 3. The lowest BCUT2D eigenvalue weighted by molar-refractivity contribution is -0.137. The van der Waals surface area contributed by atoms with Gasteiger partial charge in [-0.05, 0) is 54.4 Å². The number of hydrogen-bond donors (Lipinski definition) is 2. The highest BCUT2D eigenvalue weighted by Crippen LogP contribution is 2.44. The topological polar surface area (TPSA) is 95.2 Å². The van der Waals surface area contributed by atoms with Gasteiger partial charge in [-0.15, -0.1) is 0 Å². The Labute approximate surface area is 272 Å². The summed E-state index contributed by atoms with van der Waals surface area (Å²) in [7, 11) is 2.13. The van der Waals surface area contributed by atoms with E-state index in [9.17, 15) is 14.3 Å². The van der Waals surface area contributed by atoms with Gasteiger partial charge in [0.15, 0.2) is 5.82 Å². The van der Waals surface area contributed by atoms with Gasteiger partial charge in [0, 0.05) is 56.5 Å². The molecule has 11 heteroatoms. The highest BCUT2D eigenvalue weighted by Gasteiger charge is 2.25. The molecule has 0 amide bonds. The minimum atomic E-state index is -1.01. The van der Waals surface area contributed by atoms with E-state index in [1.54, 1.807) is 16.6 Å². The second-order valence-electron chi connectivity index (χ2n) is 11.6. The van der Waals surface area contributed by atoms with E-state index >= 15 is 0 Å². The molecule has 2 aromatic heterocycles. The number of likely N-dealkylation sites (N-methyl/N-ethyl adjacent to an activating group) is 1. The third-order valence-corrected chi connectivity index (χ3v) is 8.97. The normalized spacial score (nSPS) is 14.8. The Morgan fingerprint density at radius 3 is 2.50 bits per heavy atom. The molecule has 0 saturated carbocycles. The molecule has 2 N–H and O–H groups in total. The zero-order valence-electron chi connectivity index (χ0n) is 25.8. The van der Waals surface area contributed by atoms with Gasteiger partial charge in [-0.25, -0.2) is 18.7 Å². The van der Waals surface area contributed by atoms with Crippen LogP contribution in [-0.4, -0.2) is 87.9 Å². The number of ether oxygens (including phenoxy) is 1. The molecule has 1 atom stereocenters. The van der Waals surface area contributed by atoms with Gasteiger partial charge >= 0.3 is 5.97 Å². The maximum atomic E-state index is 14.0. The number of nitrogens with zero attached hydrogens (tertiary/aromatic N) is 5. The largest absolute Gasteiger partial charge is 0.491 e. The van der Waals surface area contributed by atoms with Crippen molar-refractivity contribution in [2.75, 3.05) is 51.7 Å². The van der Waals surface area contributed by atoms with E-state index in [-0.39, 0.29) is 12.2 Å². The van der Waals surface area contributed by atoms with Gasteiger partial charge < -0.3 is 20.1 Å². The van der Waals surface area contributed by atoms with Gasteiger partial charge in [0.05, 0.1) is 5.02 Å². The summed E-state index contributed by atoms with van der Waals surface area (Å²) in [5.74, 6) is -0.416. The van der Waals surface area contributed by atoms with Crippen LogP contribution >= 0.6 is 11.6 Å². The van der Waals surface area contributed by atoms with Crippen LogP contribution in [0.25, 0.3) is 27.8 Å². The van der Waals surface area contributed by atoms with Crippen molar-refractivity contribution in [1.29, 1.82) is 0 Å². The van der Waals surface area contributed by atoms with Crippen LogP contribution in [0.15, 0.2) is 79.3 Å². The Balaban J connectivity index is 1.39. The van der Waals surface area contributed by atoms with E-state index in [4.69, 9.17) is 16.3 Å². The number of piperazine rings is 1. The van der Waals surface area contributed by atoms with Gasteiger partial charge in [-0.2, -0.15) is 5.10 Å². The Hall–Kier alpha value is -4.51. The lowest BCUT2D eigenvalue weighted by atomic mass is 9.94. The quantitative estimate of drug-likeness (QED) is 0.184. The fourth-order valence-corrected chi connectivity index (χ4v) is 6.07. The summed E-state index contributed by atoms with van der Waals surface area (Å²) in [5, 5.41) is 18.3. The predicted molar refractivity (Wildman–Crippen MR) is 178 cm³/mol. The number of aliphatic carboxylic acids is 1. The number of carboxylic acids is 1. The van der Waals surface area contributed by atoms with Crippen molar-refractivity contribution < 1.29 is 19.0 Å². The molecule has 0 spiro atoms. The minimum absolute atomic E-state index is 0.248. The van der Waals surface area contributed by atoms with E-state index in [1.165, 1.54) is 18.5 Å². The molecule has 5 aromatic rings. The van der Waals surface area contributed by atoms with Gasteiger partial charge in [0.25, 0.3) is 0 Å². The zero-order valence-corrected chi connectivity index (χ0v) is 26.5. The van der Waals surface area contributed by atoms with E-state index < -0.39 is 12.0 Å². The fourth-order valence-electron chi connectivity index (χ4n) is 5.85. The molecule has 0 aliphatic carbocycles. The monoisotopic (exact) mass is 642 g/mol. The van der Waals surface area contributed by atoms with Crippen molar-refractivity contribution in [3.8, 4) is 28.0 Å². The van der Waals surface area contributed by atoms with E-state index in [1.807, 2.05) is 55.6 Å². The summed E-state index contributed by atoms with van der Waals surface area (Å²) in [6.45, 7) is 7.34. The van der Waals surface area contributed by atoms with Crippen molar-refractivity contribution >= 4 is 28.9 Å². The summed E-state index contributed by atoms with van der Waals surface area (Å²) in [6, 6.07) is 18.5. The highest BCUT2D eigenvalue weighted by molar-refractivity contribution is 6.33. The highest BCUT2D eigenvalue weighted by atomic mass is 35.5. The molecule has 0 unspecified atom stereocenters. The molecule has 1 aliphatic heterocycles. The van der Waals surface area contributed by atoms with Gasteiger partial charge in [-0.3, -0.25) is 4.90 Å². The summed E-state index contributed by atoms with van der Waals surface area (Å²) in [5.41, 5.74) is 5.29. The van der Waals surface area contributed by atoms with Gasteiger partial charge in [-0.1, -0.05) is 60.1 Å². The van der Waals surface area contributed by atoms with E-state index in [0.717, 1.165) is 66.1 Å². The Morgan fingerprint density at radius 1 is 1.04 bits per heavy atom. The molecule has 46 heavy (non-hydrogen) atoms. The van der Waals surface area contributed by atoms with Crippen LogP contribution in [0.5, 0.6) is 5.75 Å². The van der Waals surface area contributed by atoms with Crippen LogP contribution in [0, 0.1) is 12.7 Å². The molecule has 3 heterocycles. The van der Waals surface area contributed by atoms with Crippen LogP contribution in [-0.2, 0) is 11.2 Å². The molecule has 0 radical (unpaired) electrons. The van der Waals surface area contributed by atoms with Gasteiger partial charge in [0.1, 0.15) is 36.1 Å². The van der Waals surface area contributed by atoms with Crippen molar-refractivity contribution in [2.24, 2.45) is 0 Å². The second kappa shape index (κ2) is 13.9. The number of anilines is 1. The third kappa shape index (κ3) is 6.84. The van der Waals surface area contributed by atoms with E-state index in [0.29, 0.717) is 28.7 Å². The smallest absolute Gasteiger partial charge is 0.326 e. The first-order valence-electron chi connectivity index (χ1n) is 15.3. The lowest BCUT2D eigenvalue weighted by Gasteiger charge is -2.32. The summed E-state index contributed by atoms with van der Waals surface area (Å²) < 4.78 is 21.8. The van der Waals surface area contributed by atoms with Gasteiger partial charge in [0.2, 0.25) is 0 Å². The second-order valence-corrected chi connectivity index (χ2v) is 12.0.